The molecule has 4 rings (SSSR count). The van der Waals surface area contributed by atoms with Gasteiger partial charge in [0, 0.05) is 50.6 Å². The van der Waals surface area contributed by atoms with E-state index in [1.54, 1.807) is 12.3 Å². The summed E-state index contributed by atoms with van der Waals surface area (Å²) in [6.07, 6.45) is 1.61. The molecule has 2 aromatic carbocycles. The smallest absolute Gasteiger partial charge is 0.254 e. The molecule has 1 aliphatic heterocycles. The molecule has 1 aliphatic rings. The van der Waals surface area contributed by atoms with Crippen molar-refractivity contribution in [3.63, 3.8) is 0 Å². The summed E-state index contributed by atoms with van der Waals surface area (Å²) in [4.78, 5) is 29.8. The lowest BCUT2D eigenvalue weighted by Gasteiger charge is -2.33. The number of aromatic nitrogens is 1. The van der Waals surface area contributed by atoms with Gasteiger partial charge in [-0.25, -0.2) is 0 Å². The zero-order chi connectivity index (χ0) is 23.9. The number of Topliss-reactive ketones (excluding diaryl/α,β-unsaturated/α-hetero) is 1. The molecule has 0 unspecified atom stereocenters. The van der Waals surface area contributed by atoms with E-state index in [2.05, 4.69) is 11.0 Å². The minimum atomic E-state index is -0.268. The fourth-order valence-corrected chi connectivity index (χ4v) is 4.17. The fraction of sp³-hybridized carbons (Fsp3) is 0.333. The van der Waals surface area contributed by atoms with Crippen LogP contribution in [-0.4, -0.2) is 58.2 Å². The molecule has 2 heterocycles. The summed E-state index contributed by atoms with van der Waals surface area (Å²) in [5, 5.41) is 9.24. The molecule has 0 amide bonds. The van der Waals surface area contributed by atoms with Gasteiger partial charge in [-0.1, -0.05) is 48.5 Å². The second-order valence-corrected chi connectivity index (χ2v) is 8.71. The largest absolute Gasteiger partial charge is 0.489 e. The summed E-state index contributed by atoms with van der Waals surface area (Å²) >= 11 is 0. The maximum atomic E-state index is 12.9. The van der Waals surface area contributed by atoms with E-state index in [4.69, 9.17) is 4.74 Å². The van der Waals surface area contributed by atoms with E-state index >= 15 is 0 Å². The summed E-state index contributed by atoms with van der Waals surface area (Å²) in [7, 11) is 0. The Morgan fingerprint density at radius 1 is 0.941 bits per heavy atom. The summed E-state index contributed by atoms with van der Waals surface area (Å²) in [6, 6.07) is 18.8. The lowest BCUT2D eigenvalue weighted by Crippen LogP contribution is -2.46. The molecule has 0 bridgehead atoms. The van der Waals surface area contributed by atoms with Gasteiger partial charge in [0.15, 0.2) is 5.78 Å². The van der Waals surface area contributed by atoms with Gasteiger partial charge in [-0.15, -0.1) is 0 Å². The van der Waals surface area contributed by atoms with Crippen LogP contribution in [0.25, 0.3) is 0 Å². The Morgan fingerprint density at radius 2 is 1.68 bits per heavy atom. The Labute approximate surface area is 199 Å². The number of carbonyl (C=O) groups is 1. The van der Waals surface area contributed by atoms with E-state index in [1.165, 1.54) is 10.6 Å². The average Bonchev–Trinajstić information content (AvgIpc) is 2.85. The van der Waals surface area contributed by atoms with Crippen molar-refractivity contribution in [2.24, 2.45) is 0 Å². The van der Waals surface area contributed by atoms with Crippen LogP contribution in [0.5, 0.6) is 5.75 Å². The monoisotopic (exact) mass is 461 g/mol. The van der Waals surface area contributed by atoms with Gasteiger partial charge in [-0.2, -0.15) is 0 Å². The molecule has 0 atom stereocenters. The van der Waals surface area contributed by atoms with Crippen LogP contribution in [0.15, 0.2) is 71.7 Å². The first kappa shape index (κ1) is 23.9. The average molecular weight is 462 g/mol. The third-order valence-electron chi connectivity index (χ3n) is 6.19. The van der Waals surface area contributed by atoms with Crippen LogP contribution in [0, 0.1) is 6.92 Å². The van der Waals surface area contributed by atoms with Crippen molar-refractivity contribution in [1.82, 2.24) is 14.4 Å². The minimum Gasteiger partial charge on any atom is -0.489 e. The van der Waals surface area contributed by atoms with Gasteiger partial charge >= 0.3 is 0 Å². The predicted molar refractivity (Wildman–Crippen MR) is 131 cm³/mol. The highest BCUT2D eigenvalue weighted by Gasteiger charge is 2.17. The summed E-state index contributed by atoms with van der Waals surface area (Å²) in [6.45, 7) is 6.77. The number of piperazine rings is 1. The molecule has 3 aromatic rings. The number of benzene rings is 2. The number of rotatable bonds is 9. The highest BCUT2D eigenvalue weighted by atomic mass is 16.5. The highest BCUT2D eigenvalue weighted by Crippen LogP contribution is 2.16. The molecule has 7 heteroatoms. The lowest BCUT2D eigenvalue weighted by atomic mass is 10.0. The van der Waals surface area contributed by atoms with Crippen molar-refractivity contribution in [2.75, 3.05) is 32.9 Å². The molecular weight excluding hydrogens is 430 g/mol. The van der Waals surface area contributed by atoms with Crippen molar-refractivity contribution < 1.29 is 14.6 Å². The number of nitrogens with zero attached hydrogens (tertiary/aromatic N) is 3. The van der Waals surface area contributed by atoms with Gasteiger partial charge in [0.1, 0.15) is 12.4 Å². The number of aliphatic hydroxyl groups excluding tert-OH is 1. The minimum absolute atomic E-state index is 0.0128. The summed E-state index contributed by atoms with van der Waals surface area (Å²) in [5.41, 5.74) is 3.45. The van der Waals surface area contributed by atoms with E-state index in [1.807, 2.05) is 54.3 Å². The fourth-order valence-electron chi connectivity index (χ4n) is 4.17. The molecule has 1 N–H and O–H groups in total. The van der Waals surface area contributed by atoms with E-state index < -0.39 is 0 Å². The lowest BCUT2D eigenvalue weighted by molar-refractivity contribution is 0.0518. The van der Waals surface area contributed by atoms with Crippen molar-refractivity contribution >= 4 is 5.78 Å². The molecule has 1 fully saturated rings. The van der Waals surface area contributed by atoms with Gasteiger partial charge in [-0.3, -0.25) is 19.4 Å². The second kappa shape index (κ2) is 11.2. The standard InChI is InChI=1S/C27H31N3O4/c1-21-15-23(17-28-11-13-29(20-31)14-12-28)7-8-25(21)26(32)18-30-10-9-24(16-27(30)33)34-19-22-5-3-2-4-6-22/h2-10,15-16,31H,11-14,17-20H2,1H3. The summed E-state index contributed by atoms with van der Waals surface area (Å²) in [5.74, 6) is 0.388. The summed E-state index contributed by atoms with van der Waals surface area (Å²) < 4.78 is 7.12. The molecule has 1 aromatic heterocycles. The molecule has 0 spiro atoms. The number of pyridine rings is 1. The SMILES string of the molecule is Cc1cc(CN2CCN(CO)CC2)ccc1C(=O)Cn1ccc(OCc2ccccc2)cc1=O. The van der Waals surface area contributed by atoms with Crippen molar-refractivity contribution in [1.29, 1.82) is 0 Å². The molecular formula is C27H31N3O4. The number of hydrogen-bond donors (Lipinski definition) is 1. The predicted octanol–water partition coefficient (Wildman–Crippen LogP) is 2.69. The zero-order valence-electron chi connectivity index (χ0n) is 19.5. The first-order valence-electron chi connectivity index (χ1n) is 11.6. The van der Waals surface area contributed by atoms with Crippen LogP contribution in [0.3, 0.4) is 0 Å². The molecule has 0 saturated carbocycles. The van der Waals surface area contributed by atoms with Crippen LogP contribution >= 0.6 is 0 Å². The van der Waals surface area contributed by atoms with Crippen LogP contribution in [0.1, 0.15) is 27.0 Å². The van der Waals surface area contributed by atoms with Crippen LogP contribution < -0.4 is 10.3 Å². The van der Waals surface area contributed by atoms with E-state index in [0.29, 0.717) is 17.9 Å². The van der Waals surface area contributed by atoms with Gasteiger partial charge in [0.2, 0.25) is 0 Å². The number of aryl methyl sites for hydroxylation is 1. The van der Waals surface area contributed by atoms with Crippen LogP contribution in [-0.2, 0) is 19.7 Å². The molecule has 34 heavy (non-hydrogen) atoms. The third-order valence-corrected chi connectivity index (χ3v) is 6.19. The van der Waals surface area contributed by atoms with Gasteiger partial charge in [0.05, 0.1) is 13.3 Å². The normalized spacial score (nSPS) is 14.8. The molecule has 178 valence electrons. The highest BCUT2D eigenvalue weighted by molar-refractivity contribution is 5.97. The Balaban J connectivity index is 1.35. The van der Waals surface area contributed by atoms with Crippen molar-refractivity contribution in [3.05, 3.63) is 99.5 Å². The van der Waals surface area contributed by atoms with Crippen molar-refractivity contribution in [3.8, 4) is 5.75 Å². The van der Waals surface area contributed by atoms with Gasteiger partial charge in [-0.05, 0) is 29.7 Å². The maximum Gasteiger partial charge on any atom is 0.254 e. The van der Waals surface area contributed by atoms with Crippen molar-refractivity contribution in [2.45, 2.75) is 26.6 Å². The molecule has 7 nitrogen and oxygen atoms in total. The topological polar surface area (TPSA) is 75.0 Å². The van der Waals surface area contributed by atoms with E-state index in [-0.39, 0.29) is 24.6 Å². The Bertz CT molecular complexity index is 1170. The number of aliphatic hydroxyl groups is 1. The van der Waals surface area contributed by atoms with E-state index in [9.17, 15) is 14.7 Å². The van der Waals surface area contributed by atoms with E-state index in [0.717, 1.165) is 49.4 Å². The number of ketones is 1. The number of hydrogen-bond acceptors (Lipinski definition) is 6. The third kappa shape index (κ3) is 6.20. The van der Waals surface area contributed by atoms with Crippen LogP contribution in [0.4, 0.5) is 0 Å². The number of ether oxygens (including phenoxy) is 1. The second-order valence-electron chi connectivity index (χ2n) is 8.71. The maximum absolute atomic E-state index is 12.9. The van der Waals surface area contributed by atoms with Gasteiger partial charge in [0.25, 0.3) is 5.56 Å². The number of carbonyl (C=O) groups excluding carboxylic acids is 1. The van der Waals surface area contributed by atoms with Gasteiger partial charge < -0.3 is 14.4 Å². The zero-order valence-corrected chi connectivity index (χ0v) is 19.5. The Kier molecular flexibility index (Phi) is 7.90. The quantitative estimate of drug-likeness (QED) is 0.494. The first-order valence-corrected chi connectivity index (χ1v) is 11.6. The molecule has 1 saturated heterocycles. The molecule has 0 radical (unpaired) electrons. The Hall–Kier alpha value is -3.26. The van der Waals surface area contributed by atoms with Crippen LogP contribution in [0.2, 0.25) is 0 Å². The first-order chi connectivity index (χ1) is 16.5. The Morgan fingerprint density at radius 3 is 2.35 bits per heavy atom. The molecule has 0 aliphatic carbocycles.